The molecule has 0 aliphatic carbocycles. The number of nitrogens with zero attached hydrogens (tertiary/aromatic N) is 1. The van der Waals surface area contributed by atoms with Crippen molar-refractivity contribution in [2.45, 2.75) is 57.1 Å². The Bertz CT molecular complexity index is 1070. The maximum atomic E-state index is 13.7. The van der Waals surface area contributed by atoms with Gasteiger partial charge in [0.25, 0.3) is 0 Å². The third kappa shape index (κ3) is 5.85. The van der Waals surface area contributed by atoms with Gasteiger partial charge in [-0.1, -0.05) is 50.6 Å². The predicted octanol–water partition coefficient (Wildman–Crippen LogP) is 3.42. The van der Waals surface area contributed by atoms with Gasteiger partial charge >= 0.3 is 5.97 Å². The van der Waals surface area contributed by atoms with Crippen molar-refractivity contribution >= 4 is 12.4 Å². The summed E-state index contributed by atoms with van der Waals surface area (Å²) in [4.78, 5) is 35.6. The van der Waals surface area contributed by atoms with E-state index in [0.29, 0.717) is 18.4 Å². The van der Waals surface area contributed by atoms with Crippen molar-refractivity contribution in [3.8, 4) is 0 Å². The van der Waals surface area contributed by atoms with Gasteiger partial charge in [0.15, 0.2) is 0 Å². The monoisotopic (exact) mass is 505 g/mol. The van der Waals surface area contributed by atoms with Crippen LogP contribution in [0, 0.1) is 33.6 Å². The zero-order chi connectivity index (χ0) is 26.5. The number of carboxylic acid groups (broad SMARTS) is 1. The summed E-state index contributed by atoms with van der Waals surface area (Å²) in [6.07, 6.45) is -0.800. The molecule has 0 saturated carbocycles. The van der Waals surface area contributed by atoms with Gasteiger partial charge in [0.2, 0.25) is 12.5 Å². The van der Waals surface area contributed by atoms with Gasteiger partial charge in [-0.15, -0.1) is 0 Å². The van der Waals surface area contributed by atoms with Gasteiger partial charge in [-0.05, 0) is 29.2 Å². The summed E-state index contributed by atoms with van der Waals surface area (Å²) in [5, 5.41) is 27.8. The van der Waals surface area contributed by atoms with Crippen molar-refractivity contribution in [2.75, 3.05) is 0 Å². The molecule has 0 bridgehead atoms. The highest BCUT2D eigenvalue weighted by Crippen LogP contribution is 2.45. The van der Waals surface area contributed by atoms with Gasteiger partial charge in [0.1, 0.15) is 23.3 Å². The third-order valence-electron chi connectivity index (χ3n) is 6.76. The molecule has 3 rings (SSSR count). The number of rotatable bonds is 12. The Morgan fingerprint density at radius 2 is 1.92 bits per heavy atom. The average Bonchev–Trinajstić information content (AvgIpc) is 3.13. The van der Waals surface area contributed by atoms with Crippen LogP contribution < -0.4 is 10.6 Å². The average molecular weight is 506 g/mol. The van der Waals surface area contributed by atoms with Gasteiger partial charge in [-0.3, -0.25) is 25.0 Å². The molecule has 1 heterocycles. The van der Waals surface area contributed by atoms with Crippen LogP contribution in [-0.2, 0) is 20.9 Å². The number of hydrogen-bond donors (Lipinski definition) is 3. The van der Waals surface area contributed by atoms with E-state index >= 15 is 0 Å². The number of benzene rings is 2. The molecule has 0 unspecified atom stereocenters. The Morgan fingerprint density at radius 1 is 1.28 bits per heavy atom. The quantitative estimate of drug-likeness (QED) is 0.229. The molecular formula is C25H29F2N3O6. The van der Waals surface area contributed by atoms with Crippen molar-refractivity contribution < 1.29 is 33.1 Å². The van der Waals surface area contributed by atoms with E-state index in [1.165, 1.54) is 0 Å². The largest absolute Gasteiger partial charge is 0.481 e. The molecule has 0 aromatic heterocycles. The fourth-order valence-corrected chi connectivity index (χ4v) is 5.07. The van der Waals surface area contributed by atoms with Gasteiger partial charge in [-0.25, -0.2) is 8.78 Å². The highest BCUT2D eigenvalue weighted by atomic mass is 19.1. The second kappa shape index (κ2) is 11.5. The van der Waals surface area contributed by atoms with Gasteiger partial charge < -0.3 is 15.2 Å². The van der Waals surface area contributed by atoms with Crippen molar-refractivity contribution in [1.29, 1.82) is 0 Å². The normalized spacial score (nSPS) is 25.2. The predicted molar refractivity (Wildman–Crippen MR) is 125 cm³/mol. The molecule has 1 aliphatic rings. The Labute approximate surface area is 207 Å². The highest BCUT2D eigenvalue weighted by molar-refractivity contribution is 5.69. The summed E-state index contributed by atoms with van der Waals surface area (Å²) in [5.74, 6) is -4.37. The lowest BCUT2D eigenvalue weighted by Crippen LogP contribution is -2.62. The molecule has 1 aliphatic heterocycles. The third-order valence-corrected chi connectivity index (χ3v) is 6.76. The molecule has 3 N–H and O–H groups in total. The van der Waals surface area contributed by atoms with Crippen molar-refractivity contribution in [2.24, 2.45) is 11.8 Å². The second-order valence-electron chi connectivity index (χ2n) is 9.08. The smallest absolute Gasteiger partial charge is 0.307 e. The number of nitrogens with one attached hydrogen (secondary N) is 2. The zero-order valence-corrected chi connectivity index (χ0v) is 19.9. The minimum Gasteiger partial charge on any atom is -0.481 e. The second-order valence-corrected chi connectivity index (χ2v) is 9.08. The Morgan fingerprint density at radius 3 is 2.44 bits per heavy atom. The maximum Gasteiger partial charge on any atom is 0.307 e. The number of aliphatic carboxylic acids is 1. The van der Waals surface area contributed by atoms with Crippen LogP contribution in [0.4, 0.5) is 8.78 Å². The highest BCUT2D eigenvalue weighted by Gasteiger charge is 2.64. The summed E-state index contributed by atoms with van der Waals surface area (Å²) in [7, 11) is 0. The van der Waals surface area contributed by atoms with Crippen LogP contribution in [0.3, 0.4) is 0 Å². The summed E-state index contributed by atoms with van der Waals surface area (Å²) in [5.41, 5.74) is -1.01. The van der Waals surface area contributed by atoms with E-state index in [1.54, 1.807) is 37.3 Å². The van der Waals surface area contributed by atoms with Crippen LogP contribution in [0.1, 0.15) is 43.9 Å². The molecular weight excluding hydrogens is 476 g/mol. The zero-order valence-electron chi connectivity index (χ0n) is 19.9. The van der Waals surface area contributed by atoms with Crippen LogP contribution in [0.2, 0.25) is 0 Å². The number of carboxylic acids is 1. The van der Waals surface area contributed by atoms with E-state index in [1.807, 2.05) is 6.92 Å². The van der Waals surface area contributed by atoms with E-state index in [0.717, 1.165) is 18.2 Å². The first-order valence-electron chi connectivity index (χ1n) is 11.6. The van der Waals surface area contributed by atoms with Crippen LogP contribution >= 0.6 is 0 Å². The van der Waals surface area contributed by atoms with Gasteiger partial charge in [0.05, 0.1) is 25.0 Å². The van der Waals surface area contributed by atoms with E-state index in [2.05, 4.69) is 10.6 Å². The van der Waals surface area contributed by atoms with Crippen molar-refractivity contribution in [3.05, 3.63) is 81.4 Å². The summed E-state index contributed by atoms with van der Waals surface area (Å²) < 4.78 is 33.6. The Hall–Kier alpha value is -3.44. The molecule has 36 heavy (non-hydrogen) atoms. The van der Waals surface area contributed by atoms with E-state index < -0.39 is 58.7 Å². The lowest BCUT2D eigenvalue weighted by Gasteiger charge is -2.39. The molecule has 0 radical (unpaired) electrons. The summed E-state index contributed by atoms with van der Waals surface area (Å²) in [6.45, 7) is 3.36. The summed E-state index contributed by atoms with van der Waals surface area (Å²) in [6, 6.07) is 9.08. The lowest BCUT2D eigenvalue weighted by atomic mass is 9.76. The molecule has 6 atom stereocenters. The van der Waals surface area contributed by atoms with Crippen molar-refractivity contribution in [1.82, 2.24) is 10.6 Å². The number of carbonyl (C=O) groups is 2. The minimum absolute atomic E-state index is 0.177. The van der Waals surface area contributed by atoms with Crippen LogP contribution in [0.5, 0.6) is 0 Å². The van der Waals surface area contributed by atoms with Gasteiger partial charge in [-0.2, -0.15) is 0 Å². The Kier molecular flexibility index (Phi) is 8.70. The fourth-order valence-electron chi connectivity index (χ4n) is 5.07. The standard InChI is InChI=1S/C25H29F2N3O6/c1-3-15(2)24(36-13-16-9-18(26)11-19(27)10-16)21-23(30(34)35)22(17-7-5-4-6-8-17)29-25(21,28-14-31)12-20(32)33/h4-11,14-15,21-24,29H,3,12-13H2,1-2H3,(H,28,31)(H,32,33)/t15-,21-,22-,23-,24-,25+/m0/s1. The first kappa shape index (κ1) is 27.2. The number of nitro groups is 1. The first-order chi connectivity index (χ1) is 17.1. The van der Waals surface area contributed by atoms with Crippen LogP contribution in [0.25, 0.3) is 0 Å². The fraction of sp³-hybridized carbons (Fsp3) is 0.440. The number of halogens is 2. The number of amides is 1. The number of hydrogen-bond acceptors (Lipinski definition) is 6. The molecule has 1 fully saturated rings. The van der Waals surface area contributed by atoms with E-state index in [-0.39, 0.29) is 18.1 Å². The molecule has 9 nitrogen and oxygen atoms in total. The molecule has 2 aromatic rings. The Balaban J connectivity index is 2.12. The molecule has 11 heteroatoms. The molecule has 1 amide bonds. The molecule has 1 saturated heterocycles. The molecule has 194 valence electrons. The first-order valence-corrected chi connectivity index (χ1v) is 11.6. The molecule has 0 spiro atoms. The molecule has 2 aromatic carbocycles. The minimum atomic E-state index is -1.73. The van der Waals surface area contributed by atoms with E-state index in [4.69, 9.17) is 4.74 Å². The SMILES string of the molecule is CC[C@H](C)[C@H](OCc1cc(F)cc(F)c1)[C@@H]1[C@H]([N+](=O)[O-])[C@H](c2ccccc2)N[C@@]1(CC(=O)O)NC=O. The topological polar surface area (TPSA) is 131 Å². The lowest BCUT2D eigenvalue weighted by molar-refractivity contribution is -0.536. The maximum absolute atomic E-state index is 13.7. The summed E-state index contributed by atoms with van der Waals surface area (Å²) >= 11 is 0. The van der Waals surface area contributed by atoms with E-state index in [9.17, 15) is 33.6 Å². The number of carbonyl (C=O) groups excluding carboxylic acids is 1. The van der Waals surface area contributed by atoms with Crippen LogP contribution in [0.15, 0.2) is 48.5 Å². The van der Waals surface area contributed by atoms with Crippen molar-refractivity contribution in [3.63, 3.8) is 0 Å². The van der Waals surface area contributed by atoms with Crippen LogP contribution in [-0.4, -0.2) is 40.2 Å². The number of ether oxygens (including phenoxy) is 1. The van der Waals surface area contributed by atoms with Gasteiger partial charge in [0, 0.05) is 11.0 Å².